The van der Waals surface area contributed by atoms with Gasteiger partial charge in [-0.1, -0.05) is 0 Å². The second kappa shape index (κ2) is 8.22. The van der Waals surface area contributed by atoms with Gasteiger partial charge in [0.15, 0.2) is 0 Å². The zero-order chi connectivity index (χ0) is 14.4. The summed E-state index contributed by atoms with van der Waals surface area (Å²) in [6.45, 7) is 9.49. The molecule has 2 aliphatic rings. The molecule has 0 aliphatic carbocycles. The Hall–Kier alpha value is -0.300. The normalized spacial score (nSPS) is 24.9. The molecule has 0 bridgehead atoms. The fraction of sp³-hybridized carbons (Fsp3) is 0.846. The third-order valence-corrected chi connectivity index (χ3v) is 4.71. The van der Waals surface area contributed by atoms with Gasteiger partial charge in [0, 0.05) is 37.7 Å². The molecule has 0 aromatic carbocycles. The number of nitrogens with zero attached hydrogens (tertiary/aromatic N) is 4. The van der Waals surface area contributed by atoms with Gasteiger partial charge in [-0.25, -0.2) is 9.98 Å². The lowest BCUT2D eigenvalue weighted by molar-refractivity contribution is 0.0220. The first-order valence-electron chi connectivity index (χ1n) is 7.10. The Morgan fingerprint density at radius 3 is 2.50 bits per heavy atom. The third-order valence-electron chi connectivity index (χ3n) is 3.59. The lowest BCUT2D eigenvalue weighted by Gasteiger charge is -2.30. The van der Waals surface area contributed by atoms with Gasteiger partial charge < -0.3 is 9.64 Å². The molecule has 5 nitrogen and oxygen atoms in total. The summed E-state index contributed by atoms with van der Waals surface area (Å²) in [5.74, 6) is 3.28. The van der Waals surface area contributed by atoms with Crippen molar-refractivity contribution in [2.45, 2.75) is 20.0 Å². The number of morpholine rings is 1. The van der Waals surface area contributed by atoms with Crippen molar-refractivity contribution in [1.29, 1.82) is 0 Å². The van der Waals surface area contributed by atoms with Crippen LogP contribution in [0.25, 0.3) is 0 Å². The molecule has 1 atom stereocenters. The van der Waals surface area contributed by atoms with E-state index in [0.717, 1.165) is 56.7 Å². The van der Waals surface area contributed by atoms with Crippen LogP contribution in [0, 0.1) is 0 Å². The standard InChI is InChI=1S/C13H23ClN4OS/c1-11(17-3-7-19-8-4-17)15-13(14)16-12(2)18-5-9-20-10-6-18/h11H,3-10H2,1-2H3/b15-13-,16-12+. The maximum atomic E-state index is 6.18. The molecule has 2 aliphatic heterocycles. The van der Waals surface area contributed by atoms with Gasteiger partial charge in [0.05, 0.1) is 13.2 Å². The summed E-state index contributed by atoms with van der Waals surface area (Å²) in [6, 6.07) is 0. The molecule has 2 heterocycles. The molecule has 0 radical (unpaired) electrons. The van der Waals surface area contributed by atoms with Gasteiger partial charge in [-0.05, 0) is 25.4 Å². The average molecular weight is 319 g/mol. The molecule has 20 heavy (non-hydrogen) atoms. The highest BCUT2D eigenvalue weighted by molar-refractivity contribution is 7.99. The van der Waals surface area contributed by atoms with Crippen LogP contribution in [0.4, 0.5) is 0 Å². The summed E-state index contributed by atoms with van der Waals surface area (Å²) in [5.41, 5.74) is 0. The summed E-state index contributed by atoms with van der Waals surface area (Å²) in [7, 11) is 0. The fourth-order valence-electron chi connectivity index (χ4n) is 2.31. The Bertz CT molecular complexity index is 365. The van der Waals surface area contributed by atoms with Crippen molar-refractivity contribution in [2.75, 3.05) is 50.9 Å². The van der Waals surface area contributed by atoms with E-state index in [1.807, 2.05) is 18.7 Å². The molecular weight excluding hydrogens is 296 g/mol. The van der Waals surface area contributed by atoms with Crippen LogP contribution in [0.15, 0.2) is 9.98 Å². The van der Waals surface area contributed by atoms with Crippen molar-refractivity contribution in [3.63, 3.8) is 0 Å². The minimum atomic E-state index is 0.0554. The van der Waals surface area contributed by atoms with Crippen LogP contribution in [-0.2, 0) is 4.74 Å². The number of thioether (sulfide) groups is 1. The highest BCUT2D eigenvalue weighted by atomic mass is 35.5. The number of halogens is 1. The van der Waals surface area contributed by atoms with E-state index < -0.39 is 0 Å². The number of hydrogen-bond acceptors (Lipinski definition) is 4. The molecule has 0 aromatic heterocycles. The van der Waals surface area contributed by atoms with Crippen LogP contribution < -0.4 is 0 Å². The van der Waals surface area contributed by atoms with E-state index in [0.29, 0.717) is 5.29 Å². The Kier molecular flexibility index (Phi) is 6.61. The first-order chi connectivity index (χ1) is 9.66. The number of hydrogen-bond donors (Lipinski definition) is 0. The zero-order valence-corrected chi connectivity index (χ0v) is 13.8. The van der Waals surface area contributed by atoms with E-state index in [9.17, 15) is 0 Å². The van der Waals surface area contributed by atoms with Crippen LogP contribution in [0.1, 0.15) is 13.8 Å². The van der Waals surface area contributed by atoms with Gasteiger partial charge >= 0.3 is 0 Å². The number of aliphatic imine (C=N–C) groups is 2. The van der Waals surface area contributed by atoms with Crippen LogP contribution in [0.5, 0.6) is 0 Å². The second-order valence-electron chi connectivity index (χ2n) is 4.94. The molecule has 0 aromatic rings. The maximum Gasteiger partial charge on any atom is 0.220 e. The highest BCUT2D eigenvalue weighted by Crippen LogP contribution is 2.11. The van der Waals surface area contributed by atoms with E-state index in [-0.39, 0.29) is 6.17 Å². The van der Waals surface area contributed by atoms with Gasteiger partial charge in [0.1, 0.15) is 12.0 Å². The quantitative estimate of drug-likeness (QED) is 0.442. The lowest BCUT2D eigenvalue weighted by Crippen LogP contribution is -2.41. The van der Waals surface area contributed by atoms with Crippen molar-refractivity contribution in [3.05, 3.63) is 0 Å². The monoisotopic (exact) mass is 318 g/mol. The van der Waals surface area contributed by atoms with Crippen LogP contribution in [0.2, 0.25) is 0 Å². The average Bonchev–Trinajstić information content (AvgIpc) is 2.49. The smallest absolute Gasteiger partial charge is 0.220 e. The SMILES string of the molecule is C/C(=N\C(Cl)=N/C(C)N1CCOCC1)N1CCSCC1. The van der Waals surface area contributed by atoms with Gasteiger partial charge in [0.25, 0.3) is 0 Å². The third kappa shape index (κ3) is 4.91. The van der Waals surface area contributed by atoms with E-state index >= 15 is 0 Å². The molecule has 0 N–H and O–H groups in total. The Balaban J connectivity index is 1.90. The van der Waals surface area contributed by atoms with Crippen LogP contribution in [-0.4, -0.2) is 78.0 Å². The summed E-state index contributed by atoms with van der Waals surface area (Å²) in [5, 5.41) is 0.347. The van der Waals surface area contributed by atoms with Crippen molar-refractivity contribution in [3.8, 4) is 0 Å². The molecule has 0 saturated carbocycles. The Morgan fingerprint density at radius 1 is 1.20 bits per heavy atom. The van der Waals surface area contributed by atoms with Crippen LogP contribution in [0.3, 0.4) is 0 Å². The molecule has 7 heteroatoms. The Morgan fingerprint density at radius 2 is 1.85 bits per heavy atom. The molecule has 0 amide bonds. The topological polar surface area (TPSA) is 40.4 Å². The predicted molar refractivity (Wildman–Crippen MR) is 87.1 cm³/mol. The minimum Gasteiger partial charge on any atom is -0.379 e. The Labute approximate surface area is 130 Å². The van der Waals surface area contributed by atoms with Crippen molar-refractivity contribution in [2.24, 2.45) is 9.98 Å². The molecule has 2 saturated heterocycles. The predicted octanol–water partition coefficient (Wildman–Crippen LogP) is 1.73. The molecule has 2 fully saturated rings. The number of ether oxygens (including phenoxy) is 1. The summed E-state index contributed by atoms with van der Waals surface area (Å²) in [4.78, 5) is 13.4. The van der Waals surface area contributed by atoms with Crippen LogP contribution >= 0.6 is 23.4 Å². The van der Waals surface area contributed by atoms with E-state index in [2.05, 4.69) is 26.7 Å². The van der Waals surface area contributed by atoms with Gasteiger partial charge in [-0.2, -0.15) is 11.8 Å². The maximum absolute atomic E-state index is 6.18. The molecule has 1 unspecified atom stereocenters. The van der Waals surface area contributed by atoms with Crippen molar-refractivity contribution >= 4 is 34.5 Å². The summed E-state index contributed by atoms with van der Waals surface area (Å²) < 4.78 is 5.34. The largest absolute Gasteiger partial charge is 0.379 e. The number of rotatable bonds is 2. The van der Waals surface area contributed by atoms with Crippen molar-refractivity contribution in [1.82, 2.24) is 9.80 Å². The molecule has 2 rings (SSSR count). The second-order valence-corrected chi connectivity index (χ2v) is 6.50. The van der Waals surface area contributed by atoms with Gasteiger partial charge in [-0.15, -0.1) is 0 Å². The zero-order valence-electron chi connectivity index (χ0n) is 12.2. The minimum absolute atomic E-state index is 0.0554. The molecular formula is C13H23ClN4OS. The fourth-order valence-corrected chi connectivity index (χ4v) is 3.47. The first-order valence-corrected chi connectivity index (χ1v) is 8.63. The highest BCUT2D eigenvalue weighted by Gasteiger charge is 2.17. The van der Waals surface area contributed by atoms with E-state index in [1.165, 1.54) is 0 Å². The van der Waals surface area contributed by atoms with Gasteiger partial charge in [-0.3, -0.25) is 4.90 Å². The van der Waals surface area contributed by atoms with Gasteiger partial charge in [0.2, 0.25) is 5.29 Å². The lowest BCUT2D eigenvalue weighted by atomic mass is 10.4. The van der Waals surface area contributed by atoms with E-state index in [1.54, 1.807) is 0 Å². The summed E-state index contributed by atoms with van der Waals surface area (Å²) in [6.07, 6.45) is 0.0554. The first kappa shape index (κ1) is 16.1. The van der Waals surface area contributed by atoms with Crippen molar-refractivity contribution < 1.29 is 4.74 Å². The molecule has 114 valence electrons. The molecule has 0 spiro atoms. The van der Waals surface area contributed by atoms with E-state index in [4.69, 9.17) is 16.3 Å². The summed E-state index contributed by atoms with van der Waals surface area (Å²) >= 11 is 8.17. The number of amidine groups is 2.